The summed E-state index contributed by atoms with van der Waals surface area (Å²) in [5.41, 5.74) is 5.48. The second-order valence-corrected chi connectivity index (χ2v) is 6.49. The van der Waals surface area contributed by atoms with Crippen LogP contribution >= 0.6 is 11.3 Å². The molecule has 0 aliphatic heterocycles. The fraction of sp³-hybridized carbons (Fsp3) is 0.158. The van der Waals surface area contributed by atoms with Gasteiger partial charge < -0.3 is 0 Å². The Balaban J connectivity index is 1.86. The Labute approximate surface area is 143 Å². The van der Waals surface area contributed by atoms with E-state index in [2.05, 4.69) is 23.2 Å². The summed E-state index contributed by atoms with van der Waals surface area (Å²) < 4.78 is 15.1. The summed E-state index contributed by atoms with van der Waals surface area (Å²) in [6.45, 7) is 0. The predicted molar refractivity (Wildman–Crippen MR) is 95.9 cm³/mol. The highest BCUT2D eigenvalue weighted by molar-refractivity contribution is 7.07. The molecular weight excluding hydrogens is 321 g/mol. The topological polar surface area (TPSA) is 29.6 Å². The molecule has 120 valence electrons. The third-order valence-electron chi connectivity index (χ3n) is 4.20. The van der Waals surface area contributed by atoms with Crippen LogP contribution in [-0.2, 0) is 6.42 Å². The third-order valence-corrected chi connectivity index (χ3v) is 5.10. The van der Waals surface area contributed by atoms with Crippen molar-refractivity contribution in [2.45, 2.75) is 12.8 Å². The molecule has 1 aliphatic rings. The molecule has 24 heavy (non-hydrogen) atoms. The van der Waals surface area contributed by atoms with Gasteiger partial charge in [0.05, 0.1) is 11.4 Å². The lowest BCUT2D eigenvalue weighted by Crippen LogP contribution is -2.14. The number of fused-ring (bicyclic) bond motifs is 1. The summed E-state index contributed by atoms with van der Waals surface area (Å²) in [5, 5.41) is 6.90. The average molecular weight is 337 g/mol. The Kier molecular flexibility index (Phi) is 3.86. The maximum absolute atomic E-state index is 13.2. The van der Waals surface area contributed by atoms with E-state index < -0.39 is 0 Å². The summed E-state index contributed by atoms with van der Waals surface area (Å²) in [6, 6.07) is 14.9. The van der Waals surface area contributed by atoms with Crippen LogP contribution in [0.1, 0.15) is 17.5 Å². The molecule has 1 aliphatic carbocycles. The Hall–Kier alpha value is -2.53. The van der Waals surface area contributed by atoms with Crippen molar-refractivity contribution < 1.29 is 4.39 Å². The number of aromatic nitrogens is 1. The summed E-state index contributed by atoms with van der Waals surface area (Å²) in [6.07, 6.45) is 1.94. The molecular formula is C19H16FN3S. The molecule has 0 saturated heterocycles. The van der Waals surface area contributed by atoms with Crippen molar-refractivity contribution in [3.63, 3.8) is 0 Å². The van der Waals surface area contributed by atoms with E-state index in [1.54, 1.807) is 19.2 Å². The fourth-order valence-corrected chi connectivity index (χ4v) is 3.80. The summed E-state index contributed by atoms with van der Waals surface area (Å²) in [4.78, 5) is 5.16. The first-order valence-corrected chi connectivity index (χ1v) is 8.69. The monoisotopic (exact) mass is 337 g/mol. The van der Waals surface area contributed by atoms with Gasteiger partial charge in [-0.2, -0.15) is 5.10 Å². The maximum Gasteiger partial charge on any atom is 0.205 e. The van der Waals surface area contributed by atoms with Crippen molar-refractivity contribution in [1.82, 2.24) is 4.68 Å². The smallest absolute Gasteiger partial charge is 0.205 e. The lowest BCUT2D eigenvalue weighted by Gasteiger charge is -2.06. The zero-order chi connectivity index (χ0) is 16.5. The molecule has 1 heterocycles. The van der Waals surface area contributed by atoms with E-state index in [9.17, 15) is 4.39 Å². The van der Waals surface area contributed by atoms with Crippen molar-refractivity contribution in [2.24, 2.45) is 10.1 Å². The van der Waals surface area contributed by atoms with Crippen LogP contribution in [0.2, 0.25) is 0 Å². The molecule has 4 rings (SSSR count). The van der Waals surface area contributed by atoms with E-state index in [1.807, 2.05) is 16.1 Å². The largest absolute Gasteiger partial charge is 0.261 e. The van der Waals surface area contributed by atoms with Crippen LogP contribution in [-0.4, -0.2) is 17.4 Å². The maximum atomic E-state index is 13.2. The number of halogens is 1. The van der Waals surface area contributed by atoms with Crippen LogP contribution in [0.15, 0.2) is 64.0 Å². The Morgan fingerprint density at radius 2 is 1.83 bits per heavy atom. The van der Waals surface area contributed by atoms with Crippen molar-refractivity contribution in [3.05, 3.63) is 75.7 Å². The van der Waals surface area contributed by atoms with Crippen LogP contribution in [0.25, 0.3) is 11.3 Å². The molecule has 3 aromatic rings. The molecule has 0 N–H and O–H groups in total. The number of rotatable bonds is 2. The van der Waals surface area contributed by atoms with E-state index in [0.29, 0.717) is 0 Å². The van der Waals surface area contributed by atoms with Crippen LogP contribution in [0.5, 0.6) is 0 Å². The van der Waals surface area contributed by atoms with E-state index in [-0.39, 0.29) is 5.82 Å². The van der Waals surface area contributed by atoms with Crippen molar-refractivity contribution in [1.29, 1.82) is 0 Å². The molecule has 0 unspecified atom stereocenters. The van der Waals surface area contributed by atoms with Gasteiger partial charge in [-0.1, -0.05) is 24.3 Å². The molecule has 3 nitrogen and oxygen atoms in total. The molecule has 5 heteroatoms. The standard InChI is InChI=1S/C19H16FN3S/c1-21-19-23(18(12-24-19)14-6-9-15(20)10-7-14)22-17-11-8-13-4-2-3-5-16(13)17/h2-7,9-10,12H,8,11H2,1H3. The molecule has 0 spiro atoms. The molecule has 0 amide bonds. The van der Waals surface area contributed by atoms with Gasteiger partial charge in [0, 0.05) is 23.6 Å². The second-order valence-electron chi connectivity index (χ2n) is 5.65. The zero-order valence-corrected chi connectivity index (χ0v) is 14.1. The molecule has 1 aromatic heterocycles. The molecule has 0 fully saturated rings. The Bertz CT molecular complexity index is 980. The number of thiazole rings is 1. The van der Waals surface area contributed by atoms with E-state index in [0.717, 1.165) is 34.6 Å². The van der Waals surface area contributed by atoms with Crippen molar-refractivity contribution in [2.75, 3.05) is 7.05 Å². The molecule has 0 radical (unpaired) electrons. The fourth-order valence-electron chi connectivity index (χ4n) is 3.00. The minimum atomic E-state index is -0.239. The summed E-state index contributed by atoms with van der Waals surface area (Å²) in [7, 11) is 1.76. The van der Waals surface area contributed by atoms with Gasteiger partial charge in [-0.05, 0) is 42.7 Å². The SMILES string of the molecule is CN=c1scc(-c2ccc(F)cc2)n1N=C1CCc2ccccc21. The summed E-state index contributed by atoms with van der Waals surface area (Å²) in [5.74, 6) is -0.239. The first-order chi connectivity index (χ1) is 11.8. The average Bonchev–Trinajstić information content (AvgIpc) is 3.21. The first kappa shape index (κ1) is 15.0. The number of benzene rings is 2. The zero-order valence-electron chi connectivity index (χ0n) is 13.2. The highest BCUT2D eigenvalue weighted by atomic mass is 32.1. The van der Waals surface area contributed by atoms with Crippen molar-refractivity contribution in [3.8, 4) is 11.3 Å². The minimum absolute atomic E-state index is 0.239. The lowest BCUT2D eigenvalue weighted by atomic mass is 10.1. The second kappa shape index (κ2) is 6.17. The van der Waals surface area contributed by atoms with Crippen LogP contribution in [0, 0.1) is 5.82 Å². The van der Waals surface area contributed by atoms with E-state index in [1.165, 1.54) is 34.6 Å². The van der Waals surface area contributed by atoms with Gasteiger partial charge in [0.25, 0.3) is 0 Å². The summed E-state index contributed by atoms with van der Waals surface area (Å²) >= 11 is 1.54. The number of hydrogen-bond donors (Lipinski definition) is 0. The number of aryl methyl sites for hydroxylation is 1. The quantitative estimate of drug-likeness (QED) is 0.674. The highest BCUT2D eigenvalue weighted by Crippen LogP contribution is 2.25. The first-order valence-electron chi connectivity index (χ1n) is 7.81. The molecule has 0 saturated carbocycles. The Morgan fingerprint density at radius 3 is 2.62 bits per heavy atom. The molecule has 0 bridgehead atoms. The lowest BCUT2D eigenvalue weighted by molar-refractivity contribution is 0.628. The van der Waals surface area contributed by atoms with Gasteiger partial charge in [-0.25, -0.2) is 9.07 Å². The molecule has 2 aromatic carbocycles. The normalized spacial score (nSPS) is 15.9. The van der Waals surface area contributed by atoms with Gasteiger partial charge in [0.2, 0.25) is 4.80 Å². The minimum Gasteiger partial charge on any atom is -0.261 e. The number of nitrogens with zero attached hydrogens (tertiary/aromatic N) is 3. The van der Waals surface area contributed by atoms with Crippen molar-refractivity contribution >= 4 is 17.0 Å². The van der Waals surface area contributed by atoms with E-state index in [4.69, 9.17) is 5.10 Å². The number of hydrogen-bond acceptors (Lipinski definition) is 3. The highest BCUT2D eigenvalue weighted by Gasteiger charge is 2.18. The Morgan fingerprint density at radius 1 is 1.04 bits per heavy atom. The van der Waals surface area contributed by atoms with Crippen LogP contribution in [0.3, 0.4) is 0 Å². The predicted octanol–water partition coefficient (Wildman–Crippen LogP) is 4.08. The van der Waals surface area contributed by atoms with Gasteiger partial charge in [0.15, 0.2) is 0 Å². The van der Waals surface area contributed by atoms with Gasteiger partial charge in [-0.3, -0.25) is 4.99 Å². The van der Waals surface area contributed by atoms with E-state index >= 15 is 0 Å². The van der Waals surface area contributed by atoms with Crippen LogP contribution in [0.4, 0.5) is 4.39 Å². The van der Waals surface area contributed by atoms with Crippen LogP contribution < -0.4 is 4.80 Å². The van der Waals surface area contributed by atoms with Gasteiger partial charge in [0.1, 0.15) is 5.82 Å². The third kappa shape index (κ3) is 2.61. The van der Waals surface area contributed by atoms with Gasteiger partial charge >= 0.3 is 0 Å². The molecule has 0 atom stereocenters. The van der Waals surface area contributed by atoms with Gasteiger partial charge in [-0.15, -0.1) is 11.3 Å².